The van der Waals surface area contributed by atoms with E-state index in [1.165, 1.54) is 37.4 Å². The Labute approximate surface area is 189 Å². The van der Waals surface area contributed by atoms with Gasteiger partial charge >= 0.3 is 12.3 Å². The molecule has 1 aromatic carbocycles. The molecule has 0 saturated carbocycles. The van der Waals surface area contributed by atoms with Gasteiger partial charge in [-0.3, -0.25) is 10.1 Å². The molecule has 3 aromatic rings. The minimum Gasteiger partial charge on any atom is -0.453 e. The van der Waals surface area contributed by atoms with Gasteiger partial charge in [-0.1, -0.05) is 11.6 Å². The van der Waals surface area contributed by atoms with E-state index in [1.807, 2.05) is 6.07 Å². The van der Waals surface area contributed by atoms with E-state index in [0.717, 1.165) is 7.11 Å². The van der Waals surface area contributed by atoms with Crippen molar-refractivity contribution in [2.24, 2.45) is 0 Å². The van der Waals surface area contributed by atoms with Gasteiger partial charge in [0, 0.05) is 12.3 Å². The van der Waals surface area contributed by atoms with Crippen LogP contribution in [0.15, 0.2) is 36.5 Å². The lowest BCUT2D eigenvalue weighted by Gasteiger charge is -2.15. The van der Waals surface area contributed by atoms with Gasteiger partial charge in [0.2, 0.25) is 0 Å². The summed E-state index contributed by atoms with van der Waals surface area (Å²) in [6.45, 7) is 1.53. The lowest BCUT2D eigenvalue weighted by molar-refractivity contribution is -0.141. The van der Waals surface area contributed by atoms with Gasteiger partial charge in [0.15, 0.2) is 11.5 Å². The van der Waals surface area contributed by atoms with E-state index in [-0.39, 0.29) is 27.8 Å². The van der Waals surface area contributed by atoms with Crippen LogP contribution in [0.1, 0.15) is 27.3 Å². The minimum atomic E-state index is -4.84. The Kier molecular flexibility index (Phi) is 6.55. The maximum atomic E-state index is 13.3. The number of aryl methyl sites for hydroxylation is 1. The zero-order valence-corrected chi connectivity index (χ0v) is 17.7. The molecule has 0 aliphatic rings. The van der Waals surface area contributed by atoms with Crippen molar-refractivity contribution in [3.63, 3.8) is 0 Å². The van der Waals surface area contributed by atoms with E-state index in [2.05, 4.69) is 25.5 Å². The van der Waals surface area contributed by atoms with Gasteiger partial charge in [-0.15, -0.1) is 0 Å². The van der Waals surface area contributed by atoms with Crippen molar-refractivity contribution in [2.45, 2.75) is 13.1 Å². The fourth-order valence-corrected chi connectivity index (χ4v) is 3.03. The molecule has 3 rings (SSSR count). The molecule has 0 fully saturated rings. The number of nitriles is 1. The number of ether oxygens (including phenoxy) is 1. The van der Waals surface area contributed by atoms with Crippen molar-refractivity contribution in [1.29, 1.82) is 5.26 Å². The highest BCUT2D eigenvalue weighted by Crippen LogP contribution is 2.32. The predicted molar refractivity (Wildman–Crippen MR) is 111 cm³/mol. The normalized spacial score (nSPS) is 10.9. The predicted octanol–water partition coefficient (Wildman–Crippen LogP) is 4.55. The maximum Gasteiger partial charge on any atom is 0.435 e. The van der Waals surface area contributed by atoms with Gasteiger partial charge in [-0.25, -0.2) is 14.5 Å². The summed E-state index contributed by atoms with van der Waals surface area (Å²) >= 11 is 6.05. The van der Waals surface area contributed by atoms with Crippen LogP contribution in [0.3, 0.4) is 0 Å². The number of hydrogen-bond donors (Lipinski definition) is 2. The standard InChI is InChI=1S/C20H14ClF3N6O3/c1-10-6-11(9-25)7-13(27-19(32)33-2)16(10)28-18(31)14-8-15(20(22,23)24)29-30(14)17-12(21)4-3-5-26-17/h3-8H,1-2H3,(H,27,32)(H,28,31). The highest BCUT2D eigenvalue weighted by atomic mass is 35.5. The zero-order chi connectivity index (χ0) is 24.3. The summed E-state index contributed by atoms with van der Waals surface area (Å²) < 4.78 is 45.2. The summed E-state index contributed by atoms with van der Waals surface area (Å²) in [6, 6.07) is 7.99. The quantitative estimate of drug-likeness (QED) is 0.567. The number of pyridine rings is 1. The Morgan fingerprint density at radius 2 is 1.97 bits per heavy atom. The van der Waals surface area contributed by atoms with Gasteiger partial charge in [-0.05, 0) is 36.8 Å². The summed E-state index contributed by atoms with van der Waals surface area (Å²) in [5.74, 6) is -1.19. The average molecular weight is 479 g/mol. The number of nitrogens with zero attached hydrogens (tertiary/aromatic N) is 4. The van der Waals surface area contributed by atoms with E-state index in [1.54, 1.807) is 0 Å². The highest BCUT2D eigenvalue weighted by molar-refractivity contribution is 6.32. The number of nitrogens with one attached hydrogen (secondary N) is 2. The van der Waals surface area contributed by atoms with Crippen molar-refractivity contribution in [3.05, 3.63) is 64.1 Å². The number of carbonyl (C=O) groups excluding carboxylic acids is 2. The molecule has 0 saturated heterocycles. The van der Waals surface area contributed by atoms with Crippen LogP contribution in [0.2, 0.25) is 5.02 Å². The van der Waals surface area contributed by atoms with Crippen LogP contribution in [0.4, 0.5) is 29.3 Å². The SMILES string of the molecule is COC(=O)Nc1cc(C#N)cc(C)c1NC(=O)c1cc(C(F)(F)F)nn1-c1ncccc1Cl. The highest BCUT2D eigenvalue weighted by Gasteiger charge is 2.36. The van der Waals surface area contributed by atoms with E-state index >= 15 is 0 Å². The fraction of sp³-hybridized carbons (Fsp3) is 0.150. The summed E-state index contributed by atoms with van der Waals surface area (Å²) in [5.41, 5.74) is -1.29. The van der Waals surface area contributed by atoms with E-state index < -0.39 is 29.6 Å². The number of halogens is 4. The van der Waals surface area contributed by atoms with Crippen LogP contribution in [0, 0.1) is 18.3 Å². The molecule has 9 nitrogen and oxygen atoms in total. The topological polar surface area (TPSA) is 122 Å². The number of hydrogen-bond acceptors (Lipinski definition) is 6. The van der Waals surface area contributed by atoms with Gasteiger partial charge in [0.1, 0.15) is 5.69 Å². The first-order chi connectivity index (χ1) is 15.5. The Bertz CT molecular complexity index is 1280. The number of methoxy groups -OCH3 is 1. The van der Waals surface area contributed by atoms with E-state index in [9.17, 15) is 28.0 Å². The third kappa shape index (κ3) is 5.04. The molecule has 33 heavy (non-hydrogen) atoms. The van der Waals surface area contributed by atoms with Crippen molar-refractivity contribution in [3.8, 4) is 11.9 Å². The van der Waals surface area contributed by atoms with Crippen LogP contribution in [0.25, 0.3) is 5.82 Å². The number of anilines is 2. The van der Waals surface area contributed by atoms with Crippen LogP contribution >= 0.6 is 11.6 Å². The molecule has 0 atom stereocenters. The summed E-state index contributed by atoms with van der Waals surface area (Å²) in [7, 11) is 1.11. The molecule has 13 heteroatoms. The first-order valence-corrected chi connectivity index (χ1v) is 9.42. The second-order valence-electron chi connectivity index (χ2n) is 6.53. The summed E-state index contributed by atoms with van der Waals surface area (Å²) in [6.07, 6.45) is -4.45. The Morgan fingerprint density at radius 3 is 2.58 bits per heavy atom. The van der Waals surface area contributed by atoms with Crippen molar-refractivity contribution in [2.75, 3.05) is 17.7 Å². The summed E-state index contributed by atoms with van der Waals surface area (Å²) in [4.78, 5) is 28.7. The molecule has 0 radical (unpaired) electrons. The van der Waals surface area contributed by atoms with Crippen molar-refractivity contribution >= 4 is 35.0 Å². The van der Waals surface area contributed by atoms with Crippen LogP contribution < -0.4 is 10.6 Å². The molecule has 170 valence electrons. The maximum absolute atomic E-state index is 13.3. The molecule has 2 aromatic heterocycles. The molecule has 2 heterocycles. The second-order valence-corrected chi connectivity index (χ2v) is 6.94. The number of alkyl halides is 3. The number of amides is 2. The van der Waals surface area contributed by atoms with Gasteiger partial charge < -0.3 is 10.1 Å². The number of benzene rings is 1. The van der Waals surface area contributed by atoms with Crippen LogP contribution in [-0.4, -0.2) is 33.9 Å². The molecule has 0 aliphatic heterocycles. The molecule has 0 aliphatic carbocycles. The summed E-state index contributed by atoms with van der Waals surface area (Å²) in [5, 5.41) is 17.4. The third-order valence-corrected chi connectivity index (χ3v) is 4.59. The minimum absolute atomic E-state index is 0.00438. The lowest BCUT2D eigenvalue weighted by atomic mass is 10.1. The van der Waals surface area contributed by atoms with E-state index in [4.69, 9.17) is 11.6 Å². The molecule has 0 unspecified atom stereocenters. The molecular weight excluding hydrogens is 465 g/mol. The largest absolute Gasteiger partial charge is 0.453 e. The zero-order valence-electron chi connectivity index (χ0n) is 17.0. The van der Waals surface area contributed by atoms with Gasteiger partial charge in [0.25, 0.3) is 5.91 Å². The van der Waals surface area contributed by atoms with Gasteiger partial charge in [-0.2, -0.15) is 23.5 Å². The Hall–Kier alpha value is -4.11. The molecule has 0 spiro atoms. The molecule has 2 N–H and O–H groups in total. The van der Waals surface area contributed by atoms with Gasteiger partial charge in [0.05, 0.1) is 35.1 Å². The Balaban J connectivity index is 2.10. The van der Waals surface area contributed by atoms with Crippen molar-refractivity contribution < 1.29 is 27.5 Å². The second kappa shape index (κ2) is 9.17. The smallest absolute Gasteiger partial charge is 0.435 e. The molecule has 2 amide bonds. The average Bonchev–Trinajstić information content (AvgIpc) is 3.22. The van der Waals surface area contributed by atoms with Crippen molar-refractivity contribution in [1.82, 2.24) is 14.8 Å². The lowest BCUT2D eigenvalue weighted by Crippen LogP contribution is -2.20. The monoisotopic (exact) mass is 478 g/mol. The first-order valence-electron chi connectivity index (χ1n) is 9.04. The number of aromatic nitrogens is 3. The number of rotatable bonds is 4. The van der Waals surface area contributed by atoms with E-state index in [0.29, 0.717) is 16.3 Å². The molecule has 0 bridgehead atoms. The first kappa shape index (κ1) is 23.6. The van der Waals surface area contributed by atoms with Crippen LogP contribution in [-0.2, 0) is 10.9 Å². The Morgan fingerprint density at radius 1 is 1.24 bits per heavy atom. The molecular formula is C20H14ClF3N6O3. The third-order valence-electron chi connectivity index (χ3n) is 4.30. The fourth-order valence-electron chi connectivity index (χ4n) is 2.83. The van der Waals surface area contributed by atoms with Crippen LogP contribution in [0.5, 0.6) is 0 Å². The number of carbonyl (C=O) groups is 2.